The highest BCUT2D eigenvalue weighted by atomic mass is 16.5. The number of aromatic amines is 2. The van der Waals surface area contributed by atoms with Crippen molar-refractivity contribution < 1.29 is 28.7 Å². The van der Waals surface area contributed by atoms with Crippen LogP contribution < -0.4 is 10.6 Å². The van der Waals surface area contributed by atoms with Crippen LogP contribution in [-0.4, -0.2) is 93.1 Å². The van der Waals surface area contributed by atoms with Crippen molar-refractivity contribution in [1.82, 2.24) is 40.4 Å². The first-order valence-corrected chi connectivity index (χ1v) is 24.2. The number of allylic oxidation sites excluding steroid dienone is 4. The van der Waals surface area contributed by atoms with Gasteiger partial charge in [0.25, 0.3) is 0 Å². The molecule has 14 nitrogen and oxygen atoms in total. The van der Waals surface area contributed by atoms with E-state index in [0.717, 1.165) is 100 Å². The number of methoxy groups -OCH3 is 2. The summed E-state index contributed by atoms with van der Waals surface area (Å²) in [5, 5.41) is 5.61. The van der Waals surface area contributed by atoms with Gasteiger partial charge in [-0.05, 0) is 128 Å². The number of likely N-dealkylation sites (tertiary alicyclic amines) is 2. The summed E-state index contributed by atoms with van der Waals surface area (Å²) < 4.78 is 9.77. The quantitative estimate of drug-likeness (QED) is 0.150. The maximum absolute atomic E-state index is 14.2. The molecule has 6 unspecified atom stereocenters. The molecule has 2 aliphatic heterocycles. The van der Waals surface area contributed by atoms with Gasteiger partial charge >= 0.3 is 12.2 Å². The predicted molar refractivity (Wildman–Crippen MR) is 246 cm³/mol. The van der Waals surface area contributed by atoms with Crippen LogP contribution in [0.1, 0.15) is 133 Å². The zero-order valence-corrected chi connectivity index (χ0v) is 39.1. The number of nitrogens with zero attached hydrogens (tertiary/aromatic N) is 4. The SMILES string of the molecule is COC(=O)N[C@H](C(=O)N1CC2CCC1(c1ncc(C3=CC=C(c4ccc(-c5cnc(C67CCC(CN6C(=O)[C@@H](NC(=O)OC)C(C)C)C7)[nH]5)c5c4CCC5)C4(C)CCCC34)[nH]1)C2)C(C)C. The van der Waals surface area contributed by atoms with Crippen LogP contribution in [0.15, 0.2) is 36.7 Å². The molecule has 0 radical (unpaired) electrons. The number of aromatic nitrogens is 4. The maximum Gasteiger partial charge on any atom is 0.407 e. The topological polar surface area (TPSA) is 175 Å². The fraction of sp³-hybridized carbons (Fsp3) is 0.608. The van der Waals surface area contributed by atoms with Crippen LogP contribution in [0.5, 0.6) is 0 Å². The van der Waals surface area contributed by atoms with E-state index in [0.29, 0.717) is 30.8 Å². The van der Waals surface area contributed by atoms with Gasteiger partial charge in [0.2, 0.25) is 11.8 Å². The zero-order valence-electron chi connectivity index (χ0n) is 39.1. The van der Waals surface area contributed by atoms with Gasteiger partial charge in [0.15, 0.2) is 0 Å². The molecular weight excluding hydrogens is 821 g/mol. The fourth-order valence-electron chi connectivity index (χ4n) is 13.7. The summed E-state index contributed by atoms with van der Waals surface area (Å²) in [6.45, 7) is 11.6. The molecule has 346 valence electrons. The Balaban J connectivity index is 0.939. The summed E-state index contributed by atoms with van der Waals surface area (Å²) in [6.07, 6.45) is 19.5. The van der Waals surface area contributed by atoms with Gasteiger partial charge in [-0.2, -0.15) is 0 Å². The third-order valence-electron chi connectivity index (χ3n) is 17.0. The lowest BCUT2D eigenvalue weighted by Crippen LogP contribution is -2.56. The highest BCUT2D eigenvalue weighted by molar-refractivity contribution is 5.89. The number of piperidine rings is 2. The molecule has 5 aliphatic carbocycles. The first-order valence-electron chi connectivity index (χ1n) is 24.2. The summed E-state index contributed by atoms with van der Waals surface area (Å²) in [5.74, 6) is 2.46. The van der Waals surface area contributed by atoms with E-state index in [-0.39, 0.29) is 29.1 Å². The Bertz CT molecular complexity index is 2480. The van der Waals surface area contributed by atoms with E-state index in [2.05, 4.69) is 51.8 Å². The number of hydrogen-bond acceptors (Lipinski definition) is 8. The summed E-state index contributed by atoms with van der Waals surface area (Å²) in [7, 11) is 2.65. The lowest BCUT2D eigenvalue weighted by atomic mass is 9.64. The molecule has 65 heavy (non-hydrogen) atoms. The van der Waals surface area contributed by atoms with Crippen LogP contribution in [0.4, 0.5) is 9.59 Å². The molecule has 4 amide bonds. The first-order chi connectivity index (χ1) is 31.2. The number of ether oxygens (including phenoxy) is 2. The van der Waals surface area contributed by atoms with Crippen LogP contribution in [0, 0.1) is 35.0 Å². The number of amides is 4. The number of imidazole rings is 2. The van der Waals surface area contributed by atoms with Crippen molar-refractivity contribution in [3.8, 4) is 11.3 Å². The van der Waals surface area contributed by atoms with E-state index >= 15 is 0 Å². The Morgan fingerprint density at radius 3 is 1.77 bits per heavy atom. The van der Waals surface area contributed by atoms with Gasteiger partial charge in [0.05, 0.1) is 38.0 Å². The minimum Gasteiger partial charge on any atom is -0.453 e. The predicted octanol–water partition coefficient (Wildman–Crippen LogP) is 8.01. The maximum atomic E-state index is 14.2. The molecule has 10 rings (SSSR count). The van der Waals surface area contributed by atoms with Crippen LogP contribution in [0.25, 0.3) is 22.4 Å². The molecule has 8 atom stereocenters. The molecule has 5 fully saturated rings. The van der Waals surface area contributed by atoms with Crippen LogP contribution in [0.2, 0.25) is 0 Å². The summed E-state index contributed by atoms with van der Waals surface area (Å²) >= 11 is 0. The summed E-state index contributed by atoms with van der Waals surface area (Å²) in [6, 6.07) is 3.28. The molecule has 2 saturated heterocycles. The Morgan fingerprint density at radius 1 is 0.708 bits per heavy atom. The van der Waals surface area contributed by atoms with Crippen LogP contribution >= 0.6 is 0 Å². The number of carbonyl (C=O) groups is 4. The number of H-pyrrole nitrogens is 2. The molecule has 14 heteroatoms. The van der Waals surface area contributed by atoms with Gasteiger partial charge in [0.1, 0.15) is 34.8 Å². The molecule has 4 N–H and O–H groups in total. The average Bonchev–Trinajstić information content (AvgIpc) is 4.16. The van der Waals surface area contributed by atoms with E-state index in [1.807, 2.05) is 49.9 Å². The van der Waals surface area contributed by atoms with Gasteiger partial charge < -0.3 is 39.9 Å². The molecule has 4 heterocycles. The second-order valence-electron chi connectivity index (χ2n) is 21.2. The highest BCUT2D eigenvalue weighted by Crippen LogP contribution is 2.60. The normalized spacial score (nSPS) is 29.5. The van der Waals surface area contributed by atoms with Gasteiger partial charge in [0, 0.05) is 24.1 Å². The lowest BCUT2D eigenvalue weighted by molar-refractivity contribution is -0.141. The molecule has 7 aliphatic rings. The standard InChI is InChI=1S/C51H66N8O6/c1-28(2)41(56-47(62)64-6)43(60)58-26-30-17-20-50(58,22-30)45-52-24-39(54-45)35-14-13-34(32-10-8-11-33(32)35)38-16-15-36(37-12-9-19-49(37,38)5)40-25-53-46(55-40)51-21-18-31(23-51)27-59(51)44(61)42(29(3)4)57-48(63)65-7/h13-16,24-25,28-31,37,41-42H,8-12,17-23,26-27H2,1-7H3,(H,52,54)(H,53,55)(H,56,62)(H,57,63)/t30?,31?,37?,41-,42-,49?,50?,51?/m0/s1. The highest BCUT2D eigenvalue weighted by Gasteiger charge is 2.58. The molecule has 0 spiro atoms. The smallest absolute Gasteiger partial charge is 0.407 e. The number of carbonyl (C=O) groups excluding carboxylic acids is 4. The van der Waals surface area contributed by atoms with Gasteiger partial charge in [-0.3, -0.25) is 9.59 Å². The Morgan fingerprint density at radius 2 is 1.23 bits per heavy atom. The van der Waals surface area contributed by atoms with Crippen molar-refractivity contribution in [2.24, 2.45) is 35.0 Å². The van der Waals surface area contributed by atoms with E-state index in [9.17, 15) is 19.2 Å². The van der Waals surface area contributed by atoms with Gasteiger partial charge in [-0.25, -0.2) is 19.6 Å². The zero-order chi connectivity index (χ0) is 45.6. The fourth-order valence-corrected chi connectivity index (χ4v) is 13.7. The third kappa shape index (κ3) is 6.85. The van der Waals surface area contributed by atoms with E-state index in [1.165, 1.54) is 47.6 Å². The van der Waals surface area contributed by atoms with E-state index in [4.69, 9.17) is 19.4 Å². The number of alkyl carbamates (subject to hydrolysis) is 2. The lowest BCUT2D eigenvalue weighted by Gasteiger charge is -2.40. The van der Waals surface area contributed by atoms with E-state index < -0.39 is 35.3 Å². The van der Waals surface area contributed by atoms with Crippen molar-refractivity contribution in [2.75, 3.05) is 27.3 Å². The Hall–Kier alpha value is -5.40. The average molecular weight is 887 g/mol. The number of benzene rings is 1. The second kappa shape index (κ2) is 16.2. The molecule has 2 aromatic heterocycles. The molecular formula is C51H66N8O6. The second-order valence-corrected chi connectivity index (χ2v) is 21.2. The number of fused-ring (bicyclic) bond motifs is 6. The van der Waals surface area contributed by atoms with Crippen LogP contribution in [0.3, 0.4) is 0 Å². The van der Waals surface area contributed by atoms with Crippen molar-refractivity contribution in [3.63, 3.8) is 0 Å². The van der Waals surface area contributed by atoms with Crippen molar-refractivity contribution >= 4 is 35.1 Å². The van der Waals surface area contributed by atoms with Crippen molar-refractivity contribution in [1.29, 1.82) is 0 Å². The largest absolute Gasteiger partial charge is 0.453 e. The minimum absolute atomic E-state index is 0.0578. The summed E-state index contributed by atoms with van der Waals surface area (Å²) in [5.41, 5.74) is 8.98. The number of nitrogens with one attached hydrogen (secondary N) is 4. The molecule has 4 bridgehead atoms. The van der Waals surface area contributed by atoms with E-state index in [1.54, 1.807) is 0 Å². The van der Waals surface area contributed by atoms with Crippen molar-refractivity contribution in [2.45, 2.75) is 135 Å². The molecule has 1 aromatic carbocycles. The van der Waals surface area contributed by atoms with Gasteiger partial charge in [-0.15, -0.1) is 0 Å². The monoisotopic (exact) mass is 887 g/mol. The summed E-state index contributed by atoms with van der Waals surface area (Å²) in [4.78, 5) is 74.6. The first kappa shape index (κ1) is 43.5. The number of rotatable bonds is 11. The van der Waals surface area contributed by atoms with Crippen molar-refractivity contribution in [3.05, 3.63) is 70.7 Å². The minimum atomic E-state index is -0.681. The Labute approximate surface area is 382 Å². The molecule has 3 aromatic rings. The van der Waals surface area contributed by atoms with Crippen LogP contribution in [-0.2, 0) is 43.0 Å². The molecule has 3 saturated carbocycles. The third-order valence-corrected chi connectivity index (χ3v) is 17.0. The number of hydrogen-bond donors (Lipinski definition) is 4. The van der Waals surface area contributed by atoms with Gasteiger partial charge in [-0.1, -0.05) is 65.3 Å². The Kier molecular flexibility index (Phi) is 10.8.